The molecule has 0 bridgehead atoms. The molecule has 1 aliphatic rings. The summed E-state index contributed by atoms with van der Waals surface area (Å²) in [7, 11) is 1.67. The van der Waals surface area contributed by atoms with Crippen LogP contribution in [0.2, 0.25) is 0 Å². The minimum absolute atomic E-state index is 0. The maximum Gasteiger partial charge on any atom is 0.213 e. The van der Waals surface area contributed by atoms with E-state index in [1.807, 2.05) is 13.0 Å². The summed E-state index contributed by atoms with van der Waals surface area (Å²) in [5, 5.41) is 3.39. The van der Waals surface area contributed by atoms with Gasteiger partial charge >= 0.3 is 0 Å². The highest BCUT2D eigenvalue weighted by Crippen LogP contribution is 2.18. The first-order valence-corrected chi connectivity index (χ1v) is 5.50. The Balaban J connectivity index is 0.00000128. The van der Waals surface area contributed by atoms with E-state index in [-0.39, 0.29) is 13.5 Å². The third kappa shape index (κ3) is 3.39. The van der Waals surface area contributed by atoms with E-state index in [0.29, 0.717) is 0 Å². The first-order chi connectivity index (χ1) is 7.28. The van der Waals surface area contributed by atoms with E-state index in [2.05, 4.69) is 16.4 Å². The van der Waals surface area contributed by atoms with Gasteiger partial charge in [-0.1, -0.05) is 0 Å². The molecule has 1 atom stereocenters. The van der Waals surface area contributed by atoms with Crippen molar-refractivity contribution in [3.63, 3.8) is 0 Å². The Morgan fingerprint density at radius 1 is 1.50 bits per heavy atom. The number of nitrogens with one attached hydrogen (secondary N) is 1. The van der Waals surface area contributed by atoms with Crippen molar-refractivity contribution in [3.8, 4) is 5.88 Å². The number of hydrogen-bond acceptors (Lipinski definition) is 3. The Labute approximate surface area is 104 Å². The van der Waals surface area contributed by atoms with E-state index >= 15 is 0 Å². The molecule has 4 heteroatoms. The molecule has 0 aliphatic carbocycles. The van der Waals surface area contributed by atoms with Crippen LogP contribution in [0.3, 0.4) is 0 Å². The van der Waals surface area contributed by atoms with E-state index < -0.39 is 0 Å². The zero-order valence-electron chi connectivity index (χ0n) is 9.92. The third-order valence-corrected chi connectivity index (χ3v) is 2.89. The van der Waals surface area contributed by atoms with Gasteiger partial charge in [0.05, 0.1) is 7.11 Å². The molecule has 0 aromatic carbocycles. The predicted octanol–water partition coefficient (Wildman–Crippen LogP) is 1.66. The van der Waals surface area contributed by atoms with Gasteiger partial charge in [0, 0.05) is 11.8 Å². The maximum absolute atomic E-state index is 5.17. The Morgan fingerprint density at radius 3 is 2.94 bits per heavy atom. The molecule has 2 heterocycles. The highest BCUT2D eigenvalue weighted by molar-refractivity contribution is 7.59. The Kier molecular flexibility index (Phi) is 5.09. The second-order valence-electron chi connectivity index (χ2n) is 4.22. The standard InChI is InChI=1S/C12H18N2O.H2S/c1-9-5-11(7-12(14-9)15-2)6-10-3-4-13-8-10;/h5,7,10,13H,3-4,6,8H2,1-2H3;1H2/t10-;/m0./s1. The molecule has 1 saturated heterocycles. The molecular formula is C12H20N2OS. The lowest BCUT2D eigenvalue weighted by Gasteiger charge is -2.10. The quantitative estimate of drug-likeness (QED) is 0.872. The van der Waals surface area contributed by atoms with Crippen LogP contribution in [0, 0.1) is 12.8 Å². The molecule has 0 spiro atoms. The lowest BCUT2D eigenvalue weighted by atomic mass is 9.99. The van der Waals surface area contributed by atoms with Gasteiger partial charge in [0.2, 0.25) is 5.88 Å². The number of rotatable bonds is 3. The fourth-order valence-corrected chi connectivity index (χ4v) is 2.15. The van der Waals surface area contributed by atoms with Crippen molar-refractivity contribution in [2.45, 2.75) is 19.8 Å². The van der Waals surface area contributed by atoms with E-state index in [1.54, 1.807) is 7.11 Å². The highest BCUT2D eigenvalue weighted by atomic mass is 32.1. The first-order valence-electron chi connectivity index (χ1n) is 5.50. The zero-order valence-corrected chi connectivity index (χ0v) is 10.9. The van der Waals surface area contributed by atoms with Crippen molar-refractivity contribution in [1.82, 2.24) is 10.3 Å². The van der Waals surface area contributed by atoms with E-state index in [1.165, 1.54) is 12.0 Å². The summed E-state index contributed by atoms with van der Waals surface area (Å²) in [5.74, 6) is 1.51. The minimum atomic E-state index is 0. The number of ether oxygens (including phenoxy) is 1. The first kappa shape index (κ1) is 13.3. The molecule has 0 unspecified atom stereocenters. The second kappa shape index (κ2) is 6.11. The summed E-state index contributed by atoms with van der Waals surface area (Å²) in [5.41, 5.74) is 2.38. The number of pyridine rings is 1. The van der Waals surface area contributed by atoms with Gasteiger partial charge in [0.1, 0.15) is 0 Å². The summed E-state index contributed by atoms with van der Waals surface area (Å²) in [6.45, 7) is 4.31. The van der Waals surface area contributed by atoms with Gasteiger partial charge < -0.3 is 10.1 Å². The molecule has 1 fully saturated rings. The lowest BCUT2D eigenvalue weighted by molar-refractivity contribution is 0.395. The topological polar surface area (TPSA) is 34.1 Å². The van der Waals surface area contributed by atoms with Gasteiger partial charge in [-0.3, -0.25) is 0 Å². The van der Waals surface area contributed by atoms with Crippen molar-refractivity contribution in [1.29, 1.82) is 0 Å². The molecule has 1 aliphatic heterocycles. The largest absolute Gasteiger partial charge is 0.481 e. The van der Waals surface area contributed by atoms with Gasteiger partial charge in [-0.25, -0.2) is 4.98 Å². The molecule has 1 aromatic heterocycles. The fraction of sp³-hybridized carbons (Fsp3) is 0.583. The number of aryl methyl sites for hydroxylation is 1. The van der Waals surface area contributed by atoms with Crippen LogP contribution >= 0.6 is 13.5 Å². The third-order valence-electron chi connectivity index (χ3n) is 2.89. The summed E-state index contributed by atoms with van der Waals surface area (Å²) in [6.07, 6.45) is 2.41. The molecule has 0 radical (unpaired) electrons. The van der Waals surface area contributed by atoms with E-state index in [4.69, 9.17) is 4.74 Å². The van der Waals surface area contributed by atoms with Crippen LogP contribution in [-0.4, -0.2) is 25.2 Å². The second-order valence-corrected chi connectivity index (χ2v) is 4.22. The van der Waals surface area contributed by atoms with E-state index in [0.717, 1.165) is 37.0 Å². The highest BCUT2D eigenvalue weighted by Gasteiger charge is 2.15. The number of methoxy groups -OCH3 is 1. The normalized spacial score (nSPS) is 19.2. The molecule has 1 aromatic rings. The van der Waals surface area contributed by atoms with Gasteiger partial charge in [0.15, 0.2) is 0 Å². The van der Waals surface area contributed by atoms with E-state index in [9.17, 15) is 0 Å². The molecular weight excluding hydrogens is 220 g/mol. The van der Waals surface area contributed by atoms with Crippen molar-refractivity contribution >= 4 is 13.5 Å². The predicted molar refractivity (Wildman–Crippen MR) is 70.6 cm³/mol. The monoisotopic (exact) mass is 240 g/mol. The summed E-state index contributed by atoms with van der Waals surface area (Å²) >= 11 is 0. The maximum atomic E-state index is 5.17. The van der Waals surface area contributed by atoms with Crippen molar-refractivity contribution in [2.24, 2.45) is 5.92 Å². The van der Waals surface area contributed by atoms with Crippen LogP contribution in [0.1, 0.15) is 17.7 Å². The van der Waals surface area contributed by atoms with Gasteiger partial charge in [-0.05, 0) is 50.4 Å². The summed E-state index contributed by atoms with van der Waals surface area (Å²) in [4.78, 5) is 4.29. The Morgan fingerprint density at radius 2 is 2.31 bits per heavy atom. The fourth-order valence-electron chi connectivity index (χ4n) is 2.15. The molecule has 0 saturated carbocycles. The molecule has 3 nitrogen and oxygen atoms in total. The van der Waals surface area contributed by atoms with Crippen molar-refractivity contribution in [3.05, 3.63) is 23.4 Å². The average molecular weight is 240 g/mol. The smallest absolute Gasteiger partial charge is 0.213 e. The number of hydrogen-bond donors (Lipinski definition) is 1. The molecule has 2 rings (SSSR count). The van der Waals surface area contributed by atoms with Crippen LogP contribution in [0.15, 0.2) is 12.1 Å². The zero-order chi connectivity index (χ0) is 10.7. The molecule has 16 heavy (non-hydrogen) atoms. The number of nitrogens with zero attached hydrogens (tertiary/aromatic N) is 1. The lowest BCUT2D eigenvalue weighted by Crippen LogP contribution is -2.11. The van der Waals surface area contributed by atoms with Crippen LogP contribution in [0.4, 0.5) is 0 Å². The summed E-state index contributed by atoms with van der Waals surface area (Å²) in [6, 6.07) is 4.20. The minimum Gasteiger partial charge on any atom is -0.481 e. The average Bonchev–Trinajstić information content (AvgIpc) is 2.69. The summed E-state index contributed by atoms with van der Waals surface area (Å²) < 4.78 is 5.17. The van der Waals surface area contributed by atoms with Crippen LogP contribution in [0.25, 0.3) is 0 Å². The van der Waals surface area contributed by atoms with Gasteiger partial charge in [-0.15, -0.1) is 0 Å². The van der Waals surface area contributed by atoms with Crippen LogP contribution < -0.4 is 10.1 Å². The number of aromatic nitrogens is 1. The van der Waals surface area contributed by atoms with Gasteiger partial charge in [-0.2, -0.15) is 13.5 Å². The SMILES string of the molecule is COc1cc(C[C@@H]2CCNC2)cc(C)n1.S. The van der Waals surface area contributed by atoms with Gasteiger partial charge in [0.25, 0.3) is 0 Å². The molecule has 1 N–H and O–H groups in total. The van der Waals surface area contributed by atoms with Crippen LogP contribution in [0.5, 0.6) is 5.88 Å². The van der Waals surface area contributed by atoms with Crippen LogP contribution in [-0.2, 0) is 6.42 Å². The Bertz CT molecular complexity index is 338. The van der Waals surface area contributed by atoms with Crippen molar-refractivity contribution in [2.75, 3.05) is 20.2 Å². The Hall–Kier alpha value is -0.740. The molecule has 0 amide bonds. The van der Waals surface area contributed by atoms with Crippen molar-refractivity contribution < 1.29 is 4.74 Å². The molecule has 90 valence electrons.